The molecule has 0 bridgehead atoms. The van der Waals surface area contributed by atoms with E-state index in [0.717, 1.165) is 0 Å². The molecule has 0 saturated heterocycles. The van der Waals surface area contributed by atoms with Crippen molar-refractivity contribution in [2.75, 3.05) is 6.61 Å². The van der Waals surface area contributed by atoms with Crippen molar-refractivity contribution in [3.8, 4) is 0 Å². The summed E-state index contributed by atoms with van der Waals surface area (Å²) in [5.41, 5.74) is -1.02. The quantitative estimate of drug-likeness (QED) is 0.718. The van der Waals surface area contributed by atoms with E-state index in [2.05, 4.69) is 5.16 Å². The molecule has 0 unspecified atom stereocenters. The van der Waals surface area contributed by atoms with Gasteiger partial charge in [-0.05, 0) is 13.3 Å². The number of hydrogen-bond acceptors (Lipinski definition) is 4. The number of rotatable bonds is 3. The molecule has 1 aliphatic heterocycles. The maximum Gasteiger partial charge on any atom is 0.356 e. The Labute approximate surface area is 97.9 Å². The first kappa shape index (κ1) is 12.3. The molecule has 0 aromatic heterocycles. The zero-order chi connectivity index (χ0) is 12.7. The second-order valence-corrected chi connectivity index (χ2v) is 4.50. The van der Waals surface area contributed by atoms with E-state index in [0.29, 0.717) is 6.42 Å². The molecule has 1 fully saturated rings. The molecule has 0 radical (unpaired) electrons. The van der Waals surface area contributed by atoms with Gasteiger partial charge in [-0.15, -0.1) is 0 Å². The van der Waals surface area contributed by atoms with Crippen molar-refractivity contribution >= 4 is 11.7 Å². The molecule has 0 spiro atoms. The summed E-state index contributed by atoms with van der Waals surface area (Å²) in [6, 6.07) is 0. The lowest BCUT2D eigenvalue weighted by atomic mass is 9.85. The number of carbonyl (C=O) groups excluding carboxylic acids is 1. The third-order valence-corrected chi connectivity index (χ3v) is 3.43. The Morgan fingerprint density at radius 1 is 1.59 bits per heavy atom. The Balaban J connectivity index is 2.22. The SMILES string of the molecule is CCOC(=O)C1=NO[C@]2(CC)CC(F)(F)C[C@H]12. The summed E-state index contributed by atoms with van der Waals surface area (Å²) in [7, 11) is 0. The van der Waals surface area contributed by atoms with E-state index >= 15 is 0 Å². The first-order chi connectivity index (χ1) is 7.94. The van der Waals surface area contributed by atoms with Crippen LogP contribution >= 0.6 is 0 Å². The topological polar surface area (TPSA) is 47.9 Å². The Morgan fingerprint density at radius 3 is 2.88 bits per heavy atom. The molecule has 17 heavy (non-hydrogen) atoms. The molecule has 2 aliphatic rings. The van der Waals surface area contributed by atoms with Crippen LogP contribution in [-0.4, -0.2) is 29.8 Å². The molecule has 96 valence electrons. The fourth-order valence-corrected chi connectivity index (χ4v) is 2.58. The summed E-state index contributed by atoms with van der Waals surface area (Å²) in [4.78, 5) is 16.7. The van der Waals surface area contributed by atoms with Gasteiger partial charge in [-0.1, -0.05) is 12.1 Å². The van der Waals surface area contributed by atoms with E-state index < -0.39 is 29.8 Å². The van der Waals surface area contributed by atoms with E-state index in [-0.39, 0.29) is 18.7 Å². The Morgan fingerprint density at radius 2 is 2.29 bits per heavy atom. The highest BCUT2D eigenvalue weighted by Crippen LogP contribution is 2.52. The summed E-state index contributed by atoms with van der Waals surface area (Å²) in [6.45, 7) is 3.61. The van der Waals surface area contributed by atoms with Crippen LogP contribution in [0.15, 0.2) is 5.16 Å². The van der Waals surface area contributed by atoms with Crippen molar-refractivity contribution in [2.24, 2.45) is 11.1 Å². The van der Waals surface area contributed by atoms with Crippen molar-refractivity contribution < 1.29 is 23.1 Å². The Hall–Kier alpha value is -1.20. The van der Waals surface area contributed by atoms with Crippen LogP contribution in [0.5, 0.6) is 0 Å². The lowest BCUT2D eigenvalue weighted by molar-refractivity contribution is -0.135. The molecular weight excluding hydrogens is 232 g/mol. The third kappa shape index (κ3) is 1.89. The summed E-state index contributed by atoms with van der Waals surface area (Å²) in [5.74, 6) is -4.10. The number of nitrogens with zero attached hydrogens (tertiary/aromatic N) is 1. The highest BCUT2D eigenvalue weighted by molar-refractivity contribution is 6.37. The minimum absolute atomic E-state index is 0.00544. The maximum atomic E-state index is 13.4. The number of esters is 1. The van der Waals surface area contributed by atoms with Crippen LogP contribution in [0.2, 0.25) is 0 Å². The van der Waals surface area contributed by atoms with Gasteiger partial charge < -0.3 is 9.57 Å². The molecule has 6 heteroatoms. The molecular formula is C11H15F2NO3. The molecule has 1 aliphatic carbocycles. The summed E-state index contributed by atoms with van der Waals surface area (Å²) >= 11 is 0. The van der Waals surface area contributed by atoms with E-state index in [1.54, 1.807) is 13.8 Å². The zero-order valence-electron chi connectivity index (χ0n) is 9.83. The summed E-state index contributed by atoms with van der Waals surface area (Å²) in [5, 5.41) is 3.66. The number of oxime groups is 1. The lowest BCUT2D eigenvalue weighted by Gasteiger charge is -2.24. The Bertz CT molecular complexity index is 370. The minimum Gasteiger partial charge on any atom is -0.461 e. The molecule has 0 N–H and O–H groups in total. The van der Waals surface area contributed by atoms with E-state index in [9.17, 15) is 13.6 Å². The van der Waals surface area contributed by atoms with Crippen molar-refractivity contribution in [3.63, 3.8) is 0 Å². The fraction of sp³-hybridized carbons (Fsp3) is 0.818. The molecule has 0 amide bonds. The monoisotopic (exact) mass is 247 g/mol. The average Bonchev–Trinajstić information content (AvgIpc) is 2.69. The lowest BCUT2D eigenvalue weighted by Crippen LogP contribution is -2.36. The van der Waals surface area contributed by atoms with Gasteiger partial charge in [0.2, 0.25) is 0 Å². The molecule has 4 nitrogen and oxygen atoms in total. The number of fused-ring (bicyclic) bond motifs is 1. The van der Waals surface area contributed by atoms with E-state index in [4.69, 9.17) is 9.57 Å². The van der Waals surface area contributed by atoms with Gasteiger partial charge in [-0.3, -0.25) is 0 Å². The number of alkyl halides is 2. The van der Waals surface area contributed by atoms with Gasteiger partial charge in [0, 0.05) is 6.42 Å². The molecule has 0 aromatic carbocycles. The number of carbonyl (C=O) groups is 1. The van der Waals surface area contributed by atoms with E-state index in [1.165, 1.54) is 0 Å². The molecule has 1 saturated carbocycles. The van der Waals surface area contributed by atoms with Gasteiger partial charge >= 0.3 is 5.97 Å². The largest absolute Gasteiger partial charge is 0.461 e. The molecule has 0 aromatic rings. The average molecular weight is 247 g/mol. The second-order valence-electron chi connectivity index (χ2n) is 4.50. The standard InChI is InChI=1S/C11H15F2NO3/c1-3-10-6-11(12,13)5-7(10)8(14-17-10)9(15)16-4-2/h7H,3-6H2,1-2H3/t7-,10-/m1/s1. The summed E-state index contributed by atoms with van der Waals surface area (Å²) in [6.07, 6.45) is -0.369. The smallest absolute Gasteiger partial charge is 0.356 e. The van der Waals surface area contributed by atoms with Gasteiger partial charge in [-0.2, -0.15) is 0 Å². The van der Waals surface area contributed by atoms with Gasteiger partial charge in [0.15, 0.2) is 11.3 Å². The zero-order valence-corrected chi connectivity index (χ0v) is 9.83. The van der Waals surface area contributed by atoms with Gasteiger partial charge in [0.05, 0.1) is 18.9 Å². The number of hydrogen-bond donors (Lipinski definition) is 0. The predicted octanol–water partition coefficient (Wildman–Crippen LogP) is 2.13. The van der Waals surface area contributed by atoms with Crippen LogP contribution < -0.4 is 0 Å². The Kier molecular flexibility index (Phi) is 2.83. The maximum absolute atomic E-state index is 13.4. The predicted molar refractivity (Wildman–Crippen MR) is 55.8 cm³/mol. The van der Waals surface area contributed by atoms with Crippen molar-refractivity contribution in [3.05, 3.63) is 0 Å². The van der Waals surface area contributed by atoms with Crippen molar-refractivity contribution in [1.82, 2.24) is 0 Å². The third-order valence-electron chi connectivity index (χ3n) is 3.43. The number of ether oxygens (including phenoxy) is 1. The first-order valence-electron chi connectivity index (χ1n) is 5.75. The molecule has 1 heterocycles. The van der Waals surface area contributed by atoms with E-state index in [1.807, 2.05) is 0 Å². The molecule has 2 rings (SSSR count). The van der Waals surface area contributed by atoms with Gasteiger partial charge in [-0.25, -0.2) is 13.6 Å². The fourth-order valence-electron chi connectivity index (χ4n) is 2.58. The highest BCUT2D eigenvalue weighted by atomic mass is 19.3. The van der Waals surface area contributed by atoms with Crippen LogP contribution in [0.4, 0.5) is 8.78 Å². The normalized spacial score (nSPS) is 33.9. The van der Waals surface area contributed by atoms with Crippen LogP contribution in [0.25, 0.3) is 0 Å². The highest BCUT2D eigenvalue weighted by Gasteiger charge is 2.63. The van der Waals surface area contributed by atoms with Crippen LogP contribution in [-0.2, 0) is 14.4 Å². The number of halogens is 2. The first-order valence-corrected chi connectivity index (χ1v) is 5.75. The minimum atomic E-state index is -2.80. The van der Waals surface area contributed by atoms with Gasteiger partial charge in [0.1, 0.15) is 0 Å². The van der Waals surface area contributed by atoms with Crippen molar-refractivity contribution in [2.45, 2.75) is 44.6 Å². The summed E-state index contributed by atoms with van der Waals surface area (Å²) < 4.78 is 31.7. The van der Waals surface area contributed by atoms with Crippen LogP contribution in [0.1, 0.15) is 33.1 Å². The second kappa shape index (κ2) is 3.92. The molecule has 2 atom stereocenters. The van der Waals surface area contributed by atoms with Gasteiger partial charge in [0.25, 0.3) is 5.92 Å². The van der Waals surface area contributed by atoms with Crippen LogP contribution in [0, 0.1) is 5.92 Å². The van der Waals surface area contributed by atoms with Crippen molar-refractivity contribution in [1.29, 1.82) is 0 Å². The van der Waals surface area contributed by atoms with Crippen LogP contribution in [0.3, 0.4) is 0 Å².